The zero-order valence-corrected chi connectivity index (χ0v) is 13.8. The second kappa shape index (κ2) is 7.22. The molecule has 1 nitrogen and oxygen atoms in total. The maximum atomic E-state index is 6.03. The smallest absolute Gasteiger partial charge is 0.0481 e. The van der Waals surface area contributed by atoms with E-state index < -0.39 is 0 Å². The van der Waals surface area contributed by atoms with Crippen LogP contribution in [0.5, 0.6) is 0 Å². The van der Waals surface area contributed by atoms with Gasteiger partial charge in [0, 0.05) is 26.6 Å². The van der Waals surface area contributed by atoms with Crippen LogP contribution in [0.15, 0.2) is 51.8 Å². The third-order valence-corrected chi connectivity index (χ3v) is 4.63. The van der Waals surface area contributed by atoms with Gasteiger partial charge in [-0.05, 0) is 41.6 Å². The Bertz CT molecular complexity index is 560. The second-order valence-corrected chi connectivity index (χ2v) is 6.62. The van der Waals surface area contributed by atoms with E-state index in [0.29, 0.717) is 0 Å². The van der Waals surface area contributed by atoms with Crippen LogP contribution in [0.4, 0.5) is 5.69 Å². The van der Waals surface area contributed by atoms with Crippen molar-refractivity contribution in [3.63, 3.8) is 0 Å². The van der Waals surface area contributed by atoms with Crippen LogP contribution in [-0.4, -0.2) is 5.75 Å². The number of benzene rings is 2. The largest absolute Gasteiger partial charge is 0.380 e. The van der Waals surface area contributed by atoms with Gasteiger partial charge >= 0.3 is 0 Å². The molecule has 0 saturated heterocycles. The van der Waals surface area contributed by atoms with E-state index in [2.05, 4.69) is 52.4 Å². The van der Waals surface area contributed by atoms with Gasteiger partial charge in [0.1, 0.15) is 0 Å². The Balaban J connectivity index is 2.12. The van der Waals surface area contributed by atoms with Crippen LogP contribution < -0.4 is 5.32 Å². The minimum Gasteiger partial charge on any atom is -0.380 e. The highest BCUT2D eigenvalue weighted by molar-refractivity contribution is 9.10. The van der Waals surface area contributed by atoms with Gasteiger partial charge in [0.15, 0.2) is 0 Å². The topological polar surface area (TPSA) is 12.0 Å². The average Bonchev–Trinajstić information content (AvgIpc) is 2.42. The van der Waals surface area contributed by atoms with Crippen molar-refractivity contribution in [2.75, 3.05) is 11.1 Å². The van der Waals surface area contributed by atoms with Gasteiger partial charge < -0.3 is 5.32 Å². The maximum absolute atomic E-state index is 6.03. The minimum atomic E-state index is 0.752. The number of nitrogens with one attached hydrogen (secondary N) is 1. The van der Waals surface area contributed by atoms with Gasteiger partial charge in [-0.3, -0.25) is 0 Å². The van der Waals surface area contributed by atoms with Gasteiger partial charge in [0.25, 0.3) is 0 Å². The van der Waals surface area contributed by atoms with Crippen molar-refractivity contribution in [3.05, 3.63) is 57.5 Å². The molecule has 2 aromatic carbocycles. The molecule has 0 atom stereocenters. The van der Waals surface area contributed by atoms with Crippen LogP contribution in [0, 0.1) is 0 Å². The van der Waals surface area contributed by atoms with Gasteiger partial charge in [0.2, 0.25) is 0 Å². The van der Waals surface area contributed by atoms with Gasteiger partial charge in [0.05, 0.1) is 0 Å². The second-order valence-electron chi connectivity index (χ2n) is 4.02. The van der Waals surface area contributed by atoms with Crippen molar-refractivity contribution < 1.29 is 0 Å². The maximum Gasteiger partial charge on any atom is 0.0481 e. The fourth-order valence-corrected chi connectivity index (χ4v) is 3.13. The van der Waals surface area contributed by atoms with Crippen LogP contribution in [0.2, 0.25) is 5.02 Å². The quantitative estimate of drug-likeness (QED) is 0.677. The van der Waals surface area contributed by atoms with Crippen LogP contribution >= 0.6 is 39.3 Å². The summed E-state index contributed by atoms with van der Waals surface area (Å²) < 4.78 is 1.07. The first-order chi connectivity index (χ1) is 9.20. The Morgan fingerprint density at radius 1 is 1.21 bits per heavy atom. The molecule has 100 valence electrons. The molecule has 0 aliphatic carbocycles. The molecule has 0 bridgehead atoms. The molecule has 19 heavy (non-hydrogen) atoms. The Morgan fingerprint density at radius 2 is 2.00 bits per heavy atom. The van der Waals surface area contributed by atoms with Crippen LogP contribution in [0.25, 0.3) is 0 Å². The molecule has 0 fully saturated rings. The molecule has 2 aromatic rings. The molecule has 0 amide bonds. The summed E-state index contributed by atoms with van der Waals surface area (Å²) in [6, 6.07) is 14.2. The predicted molar refractivity (Wildman–Crippen MR) is 89.3 cm³/mol. The molecular weight excluding hydrogens is 342 g/mol. The number of hydrogen-bond acceptors (Lipinski definition) is 2. The summed E-state index contributed by atoms with van der Waals surface area (Å²) in [5.41, 5.74) is 2.32. The summed E-state index contributed by atoms with van der Waals surface area (Å²) in [6.45, 7) is 2.91. The minimum absolute atomic E-state index is 0.752. The number of para-hydroxylation sites is 1. The average molecular weight is 357 g/mol. The molecule has 0 saturated carbocycles. The summed E-state index contributed by atoms with van der Waals surface area (Å²) in [5, 5.41) is 4.23. The van der Waals surface area contributed by atoms with Crippen molar-refractivity contribution in [1.82, 2.24) is 0 Å². The fourth-order valence-electron chi connectivity index (χ4n) is 1.76. The molecular formula is C15H15BrClNS. The lowest BCUT2D eigenvalue weighted by Gasteiger charge is -2.12. The Hall–Kier alpha value is -0.640. The fraction of sp³-hybridized carbons (Fsp3) is 0.200. The first-order valence-electron chi connectivity index (χ1n) is 6.10. The van der Waals surface area contributed by atoms with E-state index >= 15 is 0 Å². The molecule has 0 aromatic heterocycles. The predicted octanol–water partition coefficient (Wildman–Crippen LogP) is 5.83. The highest BCUT2D eigenvalue weighted by atomic mass is 79.9. The molecule has 0 heterocycles. The van der Waals surface area contributed by atoms with Gasteiger partial charge in [-0.25, -0.2) is 0 Å². The summed E-state index contributed by atoms with van der Waals surface area (Å²) >= 11 is 11.4. The van der Waals surface area contributed by atoms with E-state index in [4.69, 9.17) is 11.6 Å². The van der Waals surface area contributed by atoms with Gasteiger partial charge in [-0.1, -0.05) is 46.6 Å². The van der Waals surface area contributed by atoms with Crippen molar-refractivity contribution in [2.24, 2.45) is 0 Å². The SMILES string of the molecule is CCSc1ccccc1NCc1cc(Cl)ccc1Br. The lowest BCUT2D eigenvalue weighted by atomic mass is 10.2. The number of halogens is 2. The summed E-state index contributed by atoms with van der Waals surface area (Å²) in [7, 11) is 0. The summed E-state index contributed by atoms with van der Waals surface area (Å²) in [4.78, 5) is 1.28. The van der Waals surface area contributed by atoms with E-state index in [1.807, 2.05) is 30.0 Å². The number of rotatable bonds is 5. The molecule has 2 rings (SSSR count). The van der Waals surface area contributed by atoms with E-state index in [1.165, 1.54) is 10.6 Å². The first kappa shape index (κ1) is 14.8. The highest BCUT2D eigenvalue weighted by Gasteiger charge is 2.04. The molecule has 0 unspecified atom stereocenters. The number of thioether (sulfide) groups is 1. The molecule has 1 N–H and O–H groups in total. The molecule has 0 radical (unpaired) electrons. The lowest BCUT2D eigenvalue weighted by molar-refractivity contribution is 1.12. The third kappa shape index (κ3) is 4.16. The van der Waals surface area contributed by atoms with Crippen LogP contribution in [0.3, 0.4) is 0 Å². The summed E-state index contributed by atoms with van der Waals surface area (Å²) in [5.74, 6) is 1.07. The standard InChI is InChI=1S/C15H15BrClNS/c1-2-19-15-6-4-3-5-14(15)18-10-11-9-12(17)7-8-13(11)16/h3-9,18H,2,10H2,1H3. The van der Waals surface area contributed by atoms with E-state index in [0.717, 1.165) is 27.4 Å². The summed E-state index contributed by atoms with van der Waals surface area (Å²) in [6.07, 6.45) is 0. The Labute approximate surface area is 131 Å². The van der Waals surface area contributed by atoms with Crippen molar-refractivity contribution >= 4 is 45.0 Å². The highest BCUT2D eigenvalue weighted by Crippen LogP contribution is 2.28. The van der Waals surface area contributed by atoms with E-state index in [9.17, 15) is 0 Å². The monoisotopic (exact) mass is 355 g/mol. The zero-order valence-electron chi connectivity index (χ0n) is 10.6. The van der Waals surface area contributed by atoms with Gasteiger partial charge in [-0.2, -0.15) is 0 Å². The molecule has 0 aliphatic heterocycles. The Kier molecular flexibility index (Phi) is 5.61. The first-order valence-corrected chi connectivity index (χ1v) is 8.26. The zero-order chi connectivity index (χ0) is 13.7. The van der Waals surface area contributed by atoms with Crippen LogP contribution in [0.1, 0.15) is 12.5 Å². The molecule has 0 spiro atoms. The number of hydrogen-bond donors (Lipinski definition) is 1. The lowest BCUT2D eigenvalue weighted by Crippen LogP contribution is -2.01. The normalized spacial score (nSPS) is 10.5. The van der Waals surface area contributed by atoms with Crippen LogP contribution in [-0.2, 0) is 6.54 Å². The van der Waals surface area contributed by atoms with Crippen molar-refractivity contribution in [1.29, 1.82) is 0 Å². The van der Waals surface area contributed by atoms with Crippen molar-refractivity contribution in [3.8, 4) is 0 Å². The number of anilines is 1. The van der Waals surface area contributed by atoms with E-state index in [-0.39, 0.29) is 0 Å². The Morgan fingerprint density at radius 3 is 2.79 bits per heavy atom. The van der Waals surface area contributed by atoms with Gasteiger partial charge in [-0.15, -0.1) is 11.8 Å². The van der Waals surface area contributed by atoms with E-state index in [1.54, 1.807) is 0 Å². The molecule has 0 aliphatic rings. The molecule has 4 heteroatoms. The third-order valence-electron chi connectivity index (χ3n) is 2.66. The van der Waals surface area contributed by atoms with Crippen molar-refractivity contribution in [2.45, 2.75) is 18.4 Å².